The van der Waals surface area contributed by atoms with Crippen LogP contribution in [-0.2, 0) is 23.9 Å². The van der Waals surface area contributed by atoms with Crippen molar-refractivity contribution < 1.29 is 29.0 Å². The molecule has 0 atom stereocenters. The van der Waals surface area contributed by atoms with Gasteiger partial charge in [0.05, 0.1) is 13.2 Å². The number of aliphatic hydroxyl groups excluding tert-OH is 1. The molecule has 0 heterocycles. The third kappa shape index (κ3) is 13.4. The van der Waals surface area contributed by atoms with Crippen molar-refractivity contribution in [2.45, 2.75) is 116 Å². The molecule has 0 aliphatic heterocycles. The fraction of sp³-hybridized carbons (Fsp3) is 0.875. The Bertz CT molecular complexity index is 476. The van der Waals surface area contributed by atoms with Crippen molar-refractivity contribution in [2.24, 2.45) is 0 Å². The topological polar surface area (TPSA) is 102 Å². The lowest BCUT2D eigenvalue weighted by molar-refractivity contribution is -0.168. The van der Waals surface area contributed by atoms with Gasteiger partial charge in [-0.1, -0.05) is 70.6 Å². The van der Waals surface area contributed by atoms with Crippen LogP contribution in [0.2, 0.25) is 0 Å². The van der Waals surface area contributed by atoms with Gasteiger partial charge in [0.1, 0.15) is 0 Å². The summed E-state index contributed by atoms with van der Waals surface area (Å²) in [5.74, 6) is -1.96. The molecule has 0 saturated heterocycles. The van der Waals surface area contributed by atoms with Gasteiger partial charge in [-0.3, -0.25) is 4.79 Å². The highest BCUT2D eigenvalue weighted by atomic mass is 16.6. The Kier molecular flexibility index (Phi) is 18.1. The number of carbonyl (C=O) groups excluding carboxylic acids is 3. The summed E-state index contributed by atoms with van der Waals surface area (Å²) in [7, 11) is 0. The van der Waals surface area contributed by atoms with E-state index in [4.69, 9.17) is 14.6 Å². The average Bonchev–Trinajstić information content (AvgIpc) is 2.73. The van der Waals surface area contributed by atoms with Gasteiger partial charge in [-0.2, -0.15) is 0 Å². The van der Waals surface area contributed by atoms with Crippen molar-refractivity contribution >= 4 is 17.8 Å². The molecule has 0 unspecified atom stereocenters. The summed E-state index contributed by atoms with van der Waals surface area (Å²) in [6.45, 7) is 5.17. The summed E-state index contributed by atoms with van der Waals surface area (Å²) >= 11 is 0. The van der Waals surface area contributed by atoms with Crippen molar-refractivity contribution in [2.75, 3.05) is 19.8 Å². The molecule has 0 saturated carbocycles. The van der Waals surface area contributed by atoms with E-state index in [1.54, 1.807) is 13.8 Å². The first kappa shape index (κ1) is 29.4. The van der Waals surface area contributed by atoms with Gasteiger partial charge in [-0.05, 0) is 33.1 Å². The van der Waals surface area contributed by atoms with Crippen molar-refractivity contribution in [3.63, 3.8) is 0 Å². The van der Waals surface area contributed by atoms with Crippen molar-refractivity contribution in [3.8, 4) is 0 Å². The van der Waals surface area contributed by atoms with Gasteiger partial charge in [-0.15, -0.1) is 0 Å². The Morgan fingerprint density at radius 1 is 0.677 bits per heavy atom. The van der Waals surface area contributed by atoms with Gasteiger partial charge in [0.15, 0.2) is 0 Å². The van der Waals surface area contributed by atoms with E-state index in [1.165, 1.54) is 51.9 Å². The number of amides is 1. The van der Waals surface area contributed by atoms with Crippen LogP contribution >= 0.6 is 0 Å². The zero-order chi connectivity index (χ0) is 23.4. The molecule has 7 nitrogen and oxygen atoms in total. The molecule has 0 bridgehead atoms. The highest BCUT2D eigenvalue weighted by Gasteiger charge is 2.49. The molecule has 0 aliphatic carbocycles. The van der Waals surface area contributed by atoms with E-state index < -0.39 is 23.4 Å². The molecular formula is C24H45NO6. The van der Waals surface area contributed by atoms with Gasteiger partial charge in [-0.25, -0.2) is 9.59 Å². The van der Waals surface area contributed by atoms with E-state index in [9.17, 15) is 14.4 Å². The molecule has 0 aromatic heterocycles. The third-order valence-electron chi connectivity index (χ3n) is 5.35. The van der Waals surface area contributed by atoms with Crippen LogP contribution < -0.4 is 5.32 Å². The number of hydrogen-bond donors (Lipinski definition) is 2. The van der Waals surface area contributed by atoms with Gasteiger partial charge >= 0.3 is 11.9 Å². The molecule has 7 heteroatoms. The van der Waals surface area contributed by atoms with Crippen LogP contribution in [0.25, 0.3) is 0 Å². The van der Waals surface area contributed by atoms with Crippen LogP contribution in [0.4, 0.5) is 0 Å². The smallest absolute Gasteiger partial charge is 0.343 e. The molecule has 1 amide bonds. The summed E-state index contributed by atoms with van der Waals surface area (Å²) in [5, 5.41) is 11.3. The van der Waals surface area contributed by atoms with E-state index >= 15 is 0 Å². The van der Waals surface area contributed by atoms with Crippen molar-refractivity contribution in [1.82, 2.24) is 5.32 Å². The molecule has 0 spiro atoms. The maximum absolute atomic E-state index is 12.5. The highest BCUT2D eigenvalue weighted by molar-refractivity contribution is 6.07. The van der Waals surface area contributed by atoms with Gasteiger partial charge in [0.25, 0.3) is 0 Å². The Labute approximate surface area is 188 Å². The fourth-order valence-electron chi connectivity index (χ4n) is 3.71. The normalized spacial score (nSPS) is 11.2. The predicted octanol–water partition coefficient (Wildman–Crippen LogP) is 4.44. The number of nitrogens with one attached hydrogen (secondary N) is 1. The van der Waals surface area contributed by atoms with Crippen molar-refractivity contribution in [1.29, 1.82) is 0 Å². The zero-order valence-corrected chi connectivity index (χ0v) is 20.0. The number of ether oxygens (including phenoxy) is 2. The first-order chi connectivity index (χ1) is 14.9. The Morgan fingerprint density at radius 3 is 1.35 bits per heavy atom. The number of carbonyl (C=O) groups is 3. The van der Waals surface area contributed by atoms with Crippen LogP contribution in [0, 0.1) is 0 Å². The molecule has 0 rings (SSSR count). The number of esters is 2. The maximum atomic E-state index is 12.5. The van der Waals surface area contributed by atoms with Crippen LogP contribution in [0.5, 0.6) is 0 Å². The Balaban J connectivity index is 4.20. The quantitative estimate of drug-likeness (QED) is 0.164. The summed E-state index contributed by atoms with van der Waals surface area (Å²) in [6, 6.07) is 0. The first-order valence-electron chi connectivity index (χ1n) is 12.2. The second-order valence-electron chi connectivity index (χ2n) is 8.10. The van der Waals surface area contributed by atoms with E-state index in [0.717, 1.165) is 32.1 Å². The molecule has 0 aromatic carbocycles. The summed E-state index contributed by atoms with van der Waals surface area (Å²) in [5.41, 5.74) is -1.75. The van der Waals surface area contributed by atoms with Crippen LogP contribution in [0.3, 0.4) is 0 Å². The van der Waals surface area contributed by atoms with Crippen LogP contribution in [0.1, 0.15) is 111 Å². The molecule has 2 N–H and O–H groups in total. The predicted molar refractivity (Wildman–Crippen MR) is 122 cm³/mol. The minimum Gasteiger partial charge on any atom is -0.464 e. The SMILES string of the molecule is CCOC(=O)C(CCCCCCCCCCCCCCCO)(NC(C)=O)C(=O)OCC. The van der Waals surface area contributed by atoms with E-state index in [2.05, 4.69) is 5.32 Å². The van der Waals surface area contributed by atoms with Crippen molar-refractivity contribution in [3.05, 3.63) is 0 Å². The Hall–Kier alpha value is -1.63. The largest absolute Gasteiger partial charge is 0.464 e. The standard InChI is InChI=1S/C24H45NO6/c1-4-30-22(28)24(25-21(3)27,23(29)31-5-2)19-17-15-13-11-9-7-6-8-10-12-14-16-18-20-26/h26H,4-20H2,1-3H3,(H,25,27). The lowest BCUT2D eigenvalue weighted by Gasteiger charge is -2.29. The number of rotatable bonds is 20. The molecule has 31 heavy (non-hydrogen) atoms. The summed E-state index contributed by atoms with van der Waals surface area (Å²) in [6.07, 6.45) is 14.6. The first-order valence-corrected chi connectivity index (χ1v) is 12.2. The fourth-order valence-corrected chi connectivity index (χ4v) is 3.71. The van der Waals surface area contributed by atoms with Gasteiger partial charge < -0.3 is 19.9 Å². The lowest BCUT2D eigenvalue weighted by Crippen LogP contribution is -2.61. The molecule has 0 fully saturated rings. The monoisotopic (exact) mass is 443 g/mol. The second-order valence-corrected chi connectivity index (χ2v) is 8.10. The minimum absolute atomic E-state index is 0.127. The molecule has 0 aromatic rings. The summed E-state index contributed by atoms with van der Waals surface area (Å²) in [4.78, 5) is 36.8. The molecule has 0 aliphatic rings. The maximum Gasteiger partial charge on any atom is 0.343 e. The van der Waals surface area contributed by atoms with E-state index in [0.29, 0.717) is 13.0 Å². The number of unbranched alkanes of at least 4 members (excludes halogenated alkanes) is 12. The molecule has 0 radical (unpaired) electrons. The van der Waals surface area contributed by atoms with Gasteiger partial charge in [0.2, 0.25) is 11.4 Å². The summed E-state index contributed by atoms with van der Waals surface area (Å²) < 4.78 is 10.2. The zero-order valence-electron chi connectivity index (χ0n) is 20.0. The third-order valence-corrected chi connectivity index (χ3v) is 5.35. The Morgan fingerprint density at radius 2 is 1.03 bits per heavy atom. The van der Waals surface area contributed by atoms with E-state index in [-0.39, 0.29) is 19.6 Å². The molecule has 182 valence electrons. The second kappa shape index (κ2) is 19.1. The van der Waals surface area contributed by atoms with Crippen LogP contribution in [0.15, 0.2) is 0 Å². The minimum atomic E-state index is -1.75. The molecular weight excluding hydrogens is 398 g/mol. The van der Waals surface area contributed by atoms with Gasteiger partial charge in [0, 0.05) is 13.5 Å². The average molecular weight is 444 g/mol. The lowest BCUT2D eigenvalue weighted by atomic mass is 9.91. The number of hydrogen-bond acceptors (Lipinski definition) is 6. The highest BCUT2D eigenvalue weighted by Crippen LogP contribution is 2.21. The van der Waals surface area contributed by atoms with Crippen LogP contribution in [-0.4, -0.2) is 48.3 Å². The van der Waals surface area contributed by atoms with E-state index in [1.807, 2.05) is 0 Å². The number of aliphatic hydroxyl groups is 1.